The summed E-state index contributed by atoms with van der Waals surface area (Å²) in [6.07, 6.45) is 2.36. The number of aliphatic carboxylic acids is 1. The molecule has 6 heteroatoms. The molecule has 1 aliphatic heterocycles. The Hall–Kier alpha value is -2.11. The number of nitro groups is 1. The third-order valence-electron chi connectivity index (χ3n) is 3.51. The van der Waals surface area contributed by atoms with Crippen molar-refractivity contribution in [2.24, 2.45) is 0 Å². The van der Waals surface area contributed by atoms with E-state index < -0.39 is 16.9 Å². The van der Waals surface area contributed by atoms with Crippen LogP contribution in [0, 0.1) is 17.0 Å². The van der Waals surface area contributed by atoms with E-state index in [1.807, 2.05) is 0 Å². The monoisotopic (exact) mass is 264 g/mol. The second kappa shape index (κ2) is 5.26. The maximum atomic E-state index is 11.2. The molecule has 19 heavy (non-hydrogen) atoms. The Bertz CT molecular complexity index is 515. The van der Waals surface area contributed by atoms with E-state index in [1.165, 1.54) is 6.07 Å². The summed E-state index contributed by atoms with van der Waals surface area (Å²) in [6, 6.07) is 4.30. The van der Waals surface area contributed by atoms with E-state index in [1.54, 1.807) is 24.0 Å². The van der Waals surface area contributed by atoms with Crippen LogP contribution < -0.4 is 4.90 Å². The summed E-state index contributed by atoms with van der Waals surface area (Å²) in [5, 5.41) is 20.2. The molecule has 0 radical (unpaired) electrons. The molecule has 1 atom stereocenters. The Morgan fingerprint density at radius 2 is 2.21 bits per heavy atom. The van der Waals surface area contributed by atoms with Crippen LogP contribution in [-0.2, 0) is 4.79 Å². The van der Waals surface area contributed by atoms with E-state index in [0.717, 1.165) is 12.8 Å². The Morgan fingerprint density at radius 3 is 2.84 bits per heavy atom. The Morgan fingerprint density at radius 1 is 1.47 bits per heavy atom. The SMILES string of the molecule is Cc1ccc(N2CCCCC2C(=O)O)cc1[N+](=O)[O-]. The summed E-state index contributed by atoms with van der Waals surface area (Å²) >= 11 is 0. The molecule has 1 saturated heterocycles. The fraction of sp³-hybridized carbons (Fsp3) is 0.462. The molecule has 0 saturated carbocycles. The minimum atomic E-state index is -0.872. The van der Waals surface area contributed by atoms with Gasteiger partial charge in [-0.1, -0.05) is 6.07 Å². The topological polar surface area (TPSA) is 83.7 Å². The Kier molecular flexibility index (Phi) is 3.69. The summed E-state index contributed by atoms with van der Waals surface area (Å²) in [5.74, 6) is -0.872. The highest BCUT2D eigenvalue weighted by Crippen LogP contribution is 2.29. The highest BCUT2D eigenvalue weighted by molar-refractivity contribution is 5.79. The molecule has 0 bridgehead atoms. The van der Waals surface area contributed by atoms with Crippen molar-refractivity contribution in [3.05, 3.63) is 33.9 Å². The third kappa shape index (κ3) is 2.67. The van der Waals surface area contributed by atoms with Crippen LogP contribution in [-0.4, -0.2) is 28.6 Å². The van der Waals surface area contributed by atoms with Gasteiger partial charge in [0.25, 0.3) is 5.69 Å². The number of hydrogen-bond donors (Lipinski definition) is 1. The zero-order chi connectivity index (χ0) is 14.0. The first kappa shape index (κ1) is 13.3. The minimum Gasteiger partial charge on any atom is -0.480 e. The van der Waals surface area contributed by atoms with Crippen molar-refractivity contribution in [1.29, 1.82) is 0 Å². The van der Waals surface area contributed by atoms with Crippen molar-refractivity contribution in [2.75, 3.05) is 11.4 Å². The quantitative estimate of drug-likeness (QED) is 0.669. The van der Waals surface area contributed by atoms with E-state index >= 15 is 0 Å². The van der Waals surface area contributed by atoms with Crippen LogP contribution in [0.5, 0.6) is 0 Å². The maximum absolute atomic E-state index is 11.2. The fourth-order valence-electron chi connectivity index (χ4n) is 2.47. The number of hydrogen-bond acceptors (Lipinski definition) is 4. The zero-order valence-electron chi connectivity index (χ0n) is 10.7. The third-order valence-corrected chi connectivity index (χ3v) is 3.51. The van der Waals surface area contributed by atoms with Crippen LogP contribution >= 0.6 is 0 Å². The van der Waals surface area contributed by atoms with Crippen LogP contribution in [0.25, 0.3) is 0 Å². The first-order valence-corrected chi connectivity index (χ1v) is 6.25. The molecule has 0 aliphatic carbocycles. The Balaban J connectivity index is 2.36. The molecule has 0 spiro atoms. The number of aryl methyl sites for hydroxylation is 1. The molecule has 0 aromatic heterocycles. The van der Waals surface area contributed by atoms with Gasteiger partial charge in [0.05, 0.1) is 4.92 Å². The van der Waals surface area contributed by atoms with Gasteiger partial charge in [-0.3, -0.25) is 10.1 Å². The average molecular weight is 264 g/mol. The molecule has 1 aromatic carbocycles. The average Bonchev–Trinajstić information content (AvgIpc) is 2.39. The van der Waals surface area contributed by atoms with Crippen LogP contribution in [0.3, 0.4) is 0 Å². The molecular formula is C13H16N2O4. The van der Waals surface area contributed by atoms with Crippen molar-refractivity contribution in [2.45, 2.75) is 32.2 Å². The second-order valence-corrected chi connectivity index (χ2v) is 4.77. The molecule has 102 valence electrons. The molecular weight excluding hydrogens is 248 g/mol. The molecule has 6 nitrogen and oxygen atoms in total. The number of nitrogens with zero attached hydrogens (tertiary/aromatic N) is 2. The molecule has 1 N–H and O–H groups in total. The van der Waals surface area contributed by atoms with Gasteiger partial charge in [0.2, 0.25) is 0 Å². The molecule has 1 aliphatic rings. The molecule has 0 amide bonds. The van der Waals surface area contributed by atoms with Gasteiger partial charge in [0.15, 0.2) is 0 Å². The van der Waals surface area contributed by atoms with E-state index in [4.69, 9.17) is 0 Å². The molecule has 1 fully saturated rings. The molecule has 1 heterocycles. The number of carboxylic acid groups (broad SMARTS) is 1. The zero-order valence-corrected chi connectivity index (χ0v) is 10.7. The van der Waals surface area contributed by atoms with Gasteiger partial charge in [-0.2, -0.15) is 0 Å². The predicted octanol–water partition coefficient (Wildman–Crippen LogP) is 2.35. The number of carboxylic acids is 1. The van der Waals surface area contributed by atoms with E-state index in [-0.39, 0.29) is 5.69 Å². The fourth-order valence-corrected chi connectivity index (χ4v) is 2.47. The largest absolute Gasteiger partial charge is 0.480 e. The van der Waals surface area contributed by atoms with Gasteiger partial charge >= 0.3 is 5.97 Å². The van der Waals surface area contributed by atoms with Crippen molar-refractivity contribution in [3.8, 4) is 0 Å². The number of anilines is 1. The van der Waals surface area contributed by atoms with Gasteiger partial charge in [-0.05, 0) is 32.3 Å². The molecule has 1 aromatic rings. The van der Waals surface area contributed by atoms with Gasteiger partial charge in [0, 0.05) is 23.9 Å². The van der Waals surface area contributed by atoms with Crippen LogP contribution in [0.15, 0.2) is 18.2 Å². The standard InChI is InChI=1S/C13H16N2O4/c1-9-5-6-10(8-12(9)15(18)19)14-7-3-2-4-11(14)13(16)17/h5-6,8,11H,2-4,7H2,1H3,(H,16,17). The normalized spacial score (nSPS) is 19.2. The number of rotatable bonds is 3. The van der Waals surface area contributed by atoms with Crippen LogP contribution in [0.4, 0.5) is 11.4 Å². The molecule has 1 unspecified atom stereocenters. The van der Waals surface area contributed by atoms with Crippen LogP contribution in [0.1, 0.15) is 24.8 Å². The highest BCUT2D eigenvalue weighted by Gasteiger charge is 2.29. The number of carbonyl (C=O) groups is 1. The summed E-state index contributed by atoms with van der Waals surface area (Å²) in [4.78, 5) is 23.5. The summed E-state index contributed by atoms with van der Waals surface area (Å²) in [7, 11) is 0. The first-order chi connectivity index (χ1) is 9.00. The maximum Gasteiger partial charge on any atom is 0.326 e. The van der Waals surface area contributed by atoms with Gasteiger partial charge in [-0.15, -0.1) is 0 Å². The van der Waals surface area contributed by atoms with Crippen molar-refractivity contribution in [1.82, 2.24) is 0 Å². The second-order valence-electron chi connectivity index (χ2n) is 4.77. The lowest BCUT2D eigenvalue weighted by Crippen LogP contribution is -2.44. The lowest BCUT2D eigenvalue weighted by atomic mass is 10.0. The Labute approximate surface area is 110 Å². The predicted molar refractivity (Wildman–Crippen MR) is 70.5 cm³/mol. The van der Waals surface area contributed by atoms with E-state index in [0.29, 0.717) is 24.2 Å². The number of benzene rings is 1. The van der Waals surface area contributed by atoms with Crippen molar-refractivity contribution < 1.29 is 14.8 Å². The smallest absolute Gasteiger partial charge is 0.326 e. The lowest BCUT2D eigenvalue weighted by Gasteiger charge is -2.34. The first-order valence-electron chi connectivity index (χ1n) is 6.25. The lowest BCUT2D eigenvalue weighted by molar-refractivity contribution is -0.385. The van der Waals surface area contributed by atoms with Crippen molar-refractivity contribution in [3.63, 3.8) is 0 Å². The van der Waals surface area contributed by atoms with E-state index in [2.05, 4.69) is 0 Å². The van der Waals surface area contributed by atoms with Gasteiger partial charge in [0.1, 0.15) is 6.04 Å². The summed E-state index contributed by atoms with van der Waals surface area (Å²) in [5.41, 5.74) is 1.23. The highest BCUT2D eigenvalue weighted by atomic mass is 16.6. The summed E-state index contributed by atoms with van der Waals surface area (Å²) < 4.78 is 0. The van der Waals surface area contributed by atoms with Gasteiger partial charge < -0.3 is 10.0 Å². The van der Waals surface area contributed by atoms with Crippen LogP contribution in [0.2, 0.25) is 0 Å². The number of piperidine rings is 1. The summed E-state index contributed by atoms with van der Waals surface area (Å²) in [6.45, 7) is 2.30. The van der Waals surface area contributed by atoms with E-state index in [9.17, 15) is 20.0 Å². The van der Waals surface area contributed by atoms with Gasteiger partial charge in [-0.25, -0.2) is 4.79 Å². The molecule has 2 rings (SSSR count). The minimum absolute atomic E-state index is 0.0345. The van der Waals surface area contributed by atoms with Crippen molar-refractivity contribution >= 4 is 17.3 Å². The number of nitro benzene ring substituents is 1.